The Morgan fingerprint density at radius 1 is 1.18 bits per heavy atom. The second-order valence-corrected chi connectivity index (χ2v) is 8.70. The van der Waals surface area contributed by atoms with Crippen molar-refractivity contribution in [3.8, 4) is 0 Å². The molecule has 0 spiro atoms. The lowest BCUT2D eigenvalue weighted by Crippen LogP contribution is -2.50. The summed E-state index contributed by atoms with van der Waals surface area (Å²) in [7, 11) is 0. The minimum absolute atomic E-state index is 0.175. The molecule has 10 heteroatoms. The zero-order valence-electron chi connectivity index (χ0n) is 15.6. The van der Waals surface area contributed by atoms with E-state index in [1.807, 2.05) is 20.8 Å². The summed E-state index contributed by atoms with van der Waals surface area (Å²) >= 11 is 9.47. The molecular formula is C18H19BrClFN4O3. The van der Waals surface area contributed by atoms with E-state index in [2.05, 4.69) is 25.9 Å². The number of amides is 1. The van der Waals surface area contributed by atoms with Gasteiger partial charge in [0.2, 0.25) is 5.95 Å². The van der Waals surface area contributed by atoms with E-state index in [4.69, 9.17) is 16.3 Å². The highest BCUT2D eigenvalue weighted by Crippen LogP contribution is 2.31. The summed E-state index contributed by atoms with van der Waals surface area (Å²) < 4.78 is 19.7. The van der Waals surface area contributed by atoms with Crippen molar-refractivity contribution in [2.45, 2.75) is 26.4 Å². The van der Waals surface area contributed by atoms with Crippen molar-refractivity contribution in [3.05, 3.63) is 27.3 Å². The van der Waals surface area contributed by atoms with E-state index in [1.54, 1.807) is 21.9 Å². The Hall–Kier alpha value is -2.00. The average molecular weight is 474 g/mol. The SMILES string of the molecule is CC(C)(C)OC(=O)N1CCN(c2nc(C(=O)F)c3c(Cl)cc(Br)cc3n2)CC1. The zero-order chi connectivity index (χ0) is 20.6. The Balaban J connectivity index is 1.85. The Morgan fingerprint density at radius 3 is 2.39 bits per heavy atom. The monoisotopic (exact) mass is 472 g/mol. The number of ether oxygens (including phenoxy) is 1. The first-order chi connectivity index (χ1) is 13.0. The molecule has 0 aliphatic carbocycles. The topological polar surface area (TPSA) is 75.6 Å². The number of carbonyl (C=O) groups is 2. The second-order valence-electron chi connectivity index (χ2n) is 7.38. The van der Waals surface area contributed by atoms with Gasteiger partial charge in [-0.05, 0) is 32.9 Å². The molecule has 0 saturated carbocycles. The van der Waals surface area contributed by atoms with Crippen LogP contribution < -0.4 is 4.90 Å². The van der Waals surface area contributed by atoms with Crippen LogP contribution in [0.5, 0.6) is 0 Å². The third kappa shape index (κ3) is 4.52. The van der Waals surface area contributed by atoms with Gasteiger partial charge in [0.25, 0.3) is 0 Å². The lowest BCUT2D eigenvalue weighted by Gasteiger charge is -2.35. The van der Waals surface area contributed by atoms with Crippen LogP contribution in [0, 0.1) is 0 Å². The van der Waals surface area contributed by atoms with Crippen LogP contribution in [-0.4, -0.2) is 58.8 Å². The highest BCUT2D eigenvalue weighted by Gasteiger charge is 2.28. The lowest BCUT2D eigenvalue weighted by atomic mass is 10.2. The summed E-state index contributed by atoms with van der Waals surface area (Å²) in [4.78, 5) is 35.6. The number of carbonyl (C=O) groups excluding carboxylic acids is 2. The van der Waals surface area contributed by atoms with Crippen molar-refractivity contribution in [1.82, 2.24) is 14.9 Å². The Labute approximate surface area is 174 Å². The molecule has 2 aromatic rings. The molecule has 0 radical (unpaired) electrons. The van der Waals surface area contributed by atoms with E-state index in [0.717, 1.165) is 0 Å². The highest BCUT2D eigenvalue weighted by molar-refractivity contribution is 9.10. The number of hydrogen-bond acceptors (Lipinski definition) is 6. The van der Waals surface area contributed by atoms with Crippen molar-refractivity contribution < 1.29 is 18.7 Å². The van der Waals surface area contributed by atoms with Gasteiger partial charge in [-0.25, -0.2) is 14.8 Å². The first-order valence-corrected chi connectivity index (χ1v) is 9.82. The molecule has 1 aromatic carbocycles. The number of fused-ring (bicyclic) bond motifs is 1. The van der Waals surface area contributed by atoms with Crippen molar-refractivity contribution in [2.24, 2.45) is 0 Å². The predicted molar refractivity (Wildman–Crippen MR) is 108 cm³/mol. The van der Waals surface area contributed by atoms with Crippen molar-refractivity contribution in [3.63, 3.8) is 0 Å². The predicted octanol–water partition coefficient (Wildman–Crippen LogP) is 4.21. The van der Waals surface area contributed by atoms with E-state index in [-0.39, 0.29) is 28.1 Å². The van der Waals surface area contributed by atoms with Gasteiger partial charge in [-0.15, -0.1) is 0 Å². The van der Waals surface area contributed by atoms with Gasteiger partial charge < -0.3 is 14.5 Å². The fourth-order valence-corrected chi connectivity index (χ4v) is 3.75. The smallest absolute Gasteiger partial charge is 0.410 e. The molecule has 7 nitrogen and oxygen atoms in total. The van der Waals surface area contributed by atoms with Gasteiger partial charge in [-0.2, -0.15) is 4.39 Å². The maximum absolute atomic E-state index is 13.6. The number of piperazine rings is 1. The first kappa shape index (κ1) is 20.7. The van der Waals surface area contributed by atoms with Crippen LogP contribution in [0.3, 0.4) is 0 Å². The molecule has 1 aliphatic rings. The molecule has 0 bridgehead atoms. The van der Waals surface area contributed by atoms with Crippen molar-refractivity contribution >= 4 is 56.5 Å². The molecule has 0 N–H and O–H groups in total. The molecule has 150 valence electrons. The van der Waals surface area contributed by atoms with Gasteiger partial charge in [-0.3, -0.25) is 4.79 Å². The van der Waals surface area contributed by atoms with Crippen LogP contribution in [-0.2, 0) is 4.74 Å². The number of nitrogens with zero attached hydrogens (tertiary/aromatic N) is 4. The summed E-state index contributed by atoms with van der Waals surface area (Å²) in [6.07, 6.45) is -0.387. The summed E-state index contributed by atoms with van der Waals surface area (Å²) in [5.41, 5.74) is -0.578. The Bertz CT molecular complexity index is 943. The fourth-order valence-electron chi connectivity index (χ4n) is 2.87. The number of anilines is 1. The van der Waals surface area contributed by atoms with Crippen molar-refractivity contribution in [2.75, 3.05) is 31.1 Å². The number of halogens is 3. The molecule has 1 fully saturated rings. The van der Waals surface area contributed by atoms with Gasteiger partial charge in [0.15, 0.2) is 5.69 Å². The number of hydrogen-bond donors (Lipinski definition) is 0. The molecule has 1 aliphatic heterocycles. The van der Waals surface area contributed by atoms with E-state index in [0.29, 0.717) is 36.2 Å². The molecule has 28 heavy (non-hydrogen) atoms. The standard InChI is InChI=1S/C18H19BrClFN4O3/c1-18(2,3)28-17(27)25-6-4-24(5-7-25)16-22-12-9-10(19)8-11(20)13(12)14(23-16)15(21)26/h8-9H,4-7H2,1-3H3. The highest BCUT2D eigenvalue weighted by atomic mass is 79.9. The maximum Gasteiger partial charge on any atom is 0.410 e. The van der Waals surface area contributed by atoms with Gasteiger partial charge in [0, 0.05) is 30.7 Å². The fraction of sp³-hybridized carbons (Fsp3) is 0.444. The van der Waals surface area contributed by atoms with E-state index in [1.165, 1.54) is 0 Å². The normalized spacial score (nSPS) is 15.1. The van der Waals surface area contributed by atoms with Crippen molar-refractivity contribution in [1.29, 1.82) is 0 Å². The van der Waals surface area contributed by atoms with E-state index in [9.17, 15) is 14.0 Å². The summed E-state index contributed by atoms with van der Waals surface area (Å²) in [5.74, 6) is 0.214. The van der Waals surface area contributed by atoms with Gasteiger partial charge in [0.1, 0.15) is 5.60 Å². The van der Waals surface area contributed by atoms with Crippen LogP contribution in [0.15, 0.2) is 16.6 Å². The largest absolute Gasteiger partial charge is 0.444 e. The average Bonchev–Trinajstić information content (AvgIpc) is 2.59. The number of rotatable bonds is 2. The van der Waals surface area contributed by atoms with Crippen LogP contribution in [0.2, 0.25) is 5.02 Å². The van der Waals surface area contributed by atoms with E-state index < -0.39 is 11.6 Å². The van der Waals surface area contributed by atoms with Crippen LogP contribution in [0.4, 0.5) is 15.1 Å². The summed E-state index contributed by atoms with van der Waals surface area (Å²) in [6.45, 7) is 7.07. The van der Waals surface area contributed by atoms with Crippen LogP contribution >= 0.6 is 27.5 Å². The third-order valence-electron chi connectivity index (χ3n) is 4.10. The molecule has 0 unspecified atom stereocenters. The molecule has 1 aromatic heterocycles. The molecule has 1 saturated heterocycles. The summed E-state index contributed by atoms with van der Waals surface area (Å²) in [6, 6.07) is 1.53. The third-order valence-corrected chi connectivity index (χ3v) is 4.86. The van der Waals surface area contributed by atoms with Crippen LogP contribution in [0.25, 0.3) is 10.9 Å². The molecule has 1 amide bonds. The lowest BCUT2D eigenvalue weighted by molar-refractivity contribution is 0.0240. The minimum atomic E-state index is -1.68. The van der Waals surface area contributed by atoms with Gasteiger partial charge in [-0.1, -0.05) is 27.5 Å². The minimum Gasteiger partial charge on any atom is -0.444 e. The molecule has 0 atom stereocenters. The number of benzene rings is 1. The Kier molecular flexibility index (Phi) is 5.77. The Morgan fingerprint density at radius 2 is 1.82 bits per heavy atom. The molecule has 2 heterocycles. The van der Waals surface area contributed by atoms with Gasteiger partial charge >= 0.3 is 12.1 Å². The number of aromatic nitrogens is 2. The quantitative estimate of drug-likeness (QED) is 0.608. The summed E-state index contributed by atoms with van der Waals surface area (Å²) in [5, 5.41) is 0.361. The van der Waals surface area contributed by atoms with Gasteiger partial charge in [0.05, 0.1) is 15.9 Å². The van der Waals surface area contributed by atoms with Crippen LogP contribution in [0.1, 0.15) is 31.3 Å². The maximum atomic E-state index is 13.6. The van der Waals surface area contributed by atoms with E-state index >= 15 is 0 Å². The zero-order valence-corrected chi connectivity index (χ0v) is 18.0. The molecule has 3 rings (SSSR count). The second kappa shape index (κ2) is 7.79. The molecular weight excluding hydrogens is 455 g/mol. The first-order valence-electron chi connectivity index (χ1n) is 8.64.